The third-order valence-electron chi connectivity index (χ3n) is 4.49. The van der Waals surface area contributed by atoms with Gasteiger partial charge in [-0.3, -0.25) is 4.79 Å². The van der Waals surface area contributed by atoms with E-state index in [4.69, 9.17) is 5.73 Å². The molecule has 2 aromatic heterocycles. The van der Waals surface area contributed by atoms with Gasteiger partial charge in [0.25, 0.3) is 5.91 Å². The van der Waals surface area contributed by atoms with Crippen molar-refractivity contribution in [3.63, 3.8) is 0 Å². The van der Waals surface area contributed by atoms with Crippen molar-refractivity contribution < 1.29 is 6.22 Å². The largest absolute Gasteiger partial charge is 0.364 e. The fourth-order valence-electron chi connectivity index (χ4n) is 3.36. The number of fused-ring (bicyclic) bond motifs is 2. The second-order valence-corrected chi connectivity index (χ2v) is 8.07. The second-order valence-electron chi connectivity index (χ2n) is 7.09. The van der Waals surface area contributed by atoms with Gasteiger partial charge >= 0.3 is 0 Å². The predicted octanol–water partition coefficient (Wildman–Crippen LogP) is 3.47. The number of hydrogen-bond acceptors (Lipinski definition) is 7. The first kappa shape index (κ1) is 20.2. The molecule has 0 aliphatic carbocycles. The Morgan fingerprint density at radius 2 is 2.11 bits per heavy atom. The molecular weight excluding hydrogens is 372 g/mol. The topological polar surface area (TPSA) is 88.2 Å². The van der Waals surface area contributed by atoms with Crippen LogP contribution in [0.5, 0.6) is 0 Å². The number of nitrogens with two attached hydrogens (primary N) is 1. The normalized spacial score (nSPS) is 15.5. The number of para-hydroxylation sites is 1. The molecule has 8 heteroatoms. The van der Waals surface area contributed by atoms with Crippen molar-refractivity contribution in [1.82, 2.24) is 19.9 Å². The van der Waals surface area contributed by atoms with Crippen LogP contribution in [0.1, 0.15) is 37.1 Å². The maximum absolute atomic E-state index is 11.4. The summed E-state index contributed by atoms with van der Waals surface area (Å²) in [6, 6.07) is 8.53. The summed E-state index contributed by atoms with van der Waals surface area (Å²) in [7, 11) is 4.17. The van der Waals surface area contributed by atoms with Gasteiger partial charge in [-0.15, -0.1) is 0 Å². The molecule has 150 valence electrons. The van der Waals surface area contributed by atoms with E-state index in [-0.39, 0.29) is 12.5 Å². The molecule has 4 rings (SSSR count). The van der Waals surface area contributed by atoms with E-state index in [1.807, 2.05) is 12.1 Å². The van der Waals surface area contributed by atoms with E-state index in [9.17, 15) is 4.79 Å². The fraction of sp³-hybridized carbons (Fsp3) is 0.400. The molecule has 0 saturated carbocycles. The van der Waals surface area contributed by atoms with Crippen LogP contribution in [-0.4, -0.2) is 52.4 Å². The summed E-state index contributed by atoms with van der Waals surface area (Å²) in [6.07, 6.45) is 3.72. The molecule has 1 atom stereocenters. The van der Waals surface area contributed by atoms with Crippen LogP contribution < -0.4 is 10.6 Å². The Balaban J connectivity index is 0.000000379. The highest BCUT2D eigenvalue weighted by Crippen LogP contribution is 2.40. The average molecular weight is 401 g/mol. The van der Waals surface area contributed by atoms with Crippen molar-refractivity contribution >= 4 is 39.1 Å². The molecule has 0 bridgehead atoms. The van der Waals surface area contributed by atoms with E-state index in [2.05, 4.69) is 64.8 Å². The number of aromatic nitrogens is 3. The van der Waals surface area contributed by atoms with Gasteiger partial charge in [-0.2, -0.15) is 0 Å². The number of rotatable bonds is 4. The number of anilines is 2. The van der Waals surface area contributed by atoms with Gasteiger partial charge in [-0.05, 0) is 52.0 Å². The Labute approximate surface area is 170 Å². The van der Waals surface area contributed by atoms with Crippen LogP contribution in [0.4, 0.5) is 11.5 Å². The van der Waals surface area contributed by atoms with Gasteiger partial charge in [0.2, 0.25) is 0 Å². The van der Waals surface area contributed by atoms with E-state index in [0.29, 0.717) is 10.3 Å². The van der Waals surface area contributed by atoms with Crippen molar-refractivity contribution in [2.24, 2.45) is 5.73 Å². The summed E-state index contributed by atoms with van der Waals surface area (Å²) >= 11 is 1.20. The molecule has 2 N–H and O–H groups in total. The first-order valence-electron chi connectivity index (χ1n) is 9.35. The van der Waals surface area contributed by atoms with Gasteiger partial charge in [0.1, 0.15) is 16.7 Å². The maximum atomic E-state index is 11.4. The van der Waals surface area contributed by atoms with Gasteiger partial charge in [0.05, 0.1) is 0 Å². The smallest absolute Gasteiger partial charge is 0.277 e. The Kier molecular flexibility index (Phi) is 6.21. The van der Waals surface area contributed by atoms with Gasteiger partial charge in [-0.1, -0.05) is 36.5 Å². The van der Waals surface area contributed by atoms with E-state index in [1.165, 1.54) is 36.2 Å². The summed E-state index contributed by atoms with van der Waals surface area (Å²) < 4.78 is 0. The van der Waals surface area contributed by atoms with Gasteiger partial charge in [-0.25, -0.2) is 15.0 Å². The molecule has 3 heterocycles. The number of thiazole rings is 1. The number of benzene rings is 1. The maximum Gasteiger partial charge on any atom is 0.277 e. The van der Waals surface area contributed by atoms with Crippen LogP contribution in [0.2, 0.25) is 0 Å². The zero-order chi connectivity index (χ0) is 20.3. The van der Waals surface area contributed by atoms with Crippen molar-refractivity contribution in [2.45, 2.75) is 32.7 Å². The van der Waals surface area contributed by atoms with Crippen LogP contribution in [-0.2, 0) is 6.42 Å². The van der Waals surface area contributed by atoms with E-state index < -0.39 is 5.91 Å². The highest BCUT2D eigenvalue weighted by molar-refractivity contribution is 7.19. The van der Waals surface area contributed by atoms with Gasteiger partial charge in [0.15, 0.2) is 10.8 Å². The van der Waals surface area contributed by atoms with E-state index in [1.54, 1.807) is 0 Å². The molecule has 1 aromatic carbocycles. The molecule has 1 amide bonds. The zero-order valence-electron chi connectivity index (χ0n) is 16.7. The molecule has 0 radical (unpaired) electrons. The minimum Gasteiger partial charge on any atom is -0.364 e. The van der Waals surface area contributed by atoms with Gasteiger partial charge in [0, 0.05) is 13.2 Å². The number of nitrogens with zero attached hydrogens (tertiary/aromatic N) is 5. The number of hydrogen-bond donors (Lipinski definition) is 1. The van der Waals surface area contributed by atoms with Crippen molar-refractivity contribution in [2.75, 3.05) is 25.5 Å². The SMILES string of the molecule is CC1Cc2ccccc2N1c1ncnc2sc(C(N)=O)nc12.CCCN(C)C.[HH]. The van der Waals surface area contributed by atoms with Crippen molar-refractivity contribution in [3.8, 4) is 0 Å². The standard InChI is InChI=1S/C15H13N5OS.C5H13N.H2/c1-8-6-9-4-2-3-5-10(9)20(8)13-11-14(18-7-17-13)22-15(19-11)12(16)21;1-4-5-6(2)3;/h2-5,7-8H,6H2,1H3,(H2,16,21);4-5H2,1-3H3;1H. The quantitative estimate of drug-likeness (QED) is 0.721. The highest BCUT2D eigenvalue weighted by Gasteiger charge is 2.30. The zero-order valence-corrected chi connectivity index (χ0v) is 17.5. The Bertz CT molecular complexity index is 977. The fourth-order valence-corrected chi connectivity index (χ4v) is 4.11. The third kappa shape index (κ3) is 4.13. The molecule has 0 spiro atoms. The third-order valence-corrected chi connectivity index (χ3v) is 5.47. The molecule has 7 nitrogen and oxygen atoms in total. The Morgan fingerprint density at radius 3 is 2.75 bits per heavy atom. The summed E-state index contributed by atoms with van der Waals surface area (Å²) in [5, 5.41) is 0.261. The molecule has 0 saturated heterocycles. The minimum absolute atomic E-state index is 0. The molecule has 28 heavy (non-hydrogen) atoms. The van der Waals surface area contributed by atoms with Gasteiger partial charge < -0.3 is 15.5 Å². The molecule has 3 aromatic rings. The summed E-state index contributed by atoms with van der Waals surface area (Å²) in [5.74, 6) is 0.190. The number of carbonyl (C=O) groups is 1. The second kappa shape index (κ2) is 8.62. The van der Waals surface area contributed by atoms with E-state index >= 15 is 0 Å². The molecule has 1 aliphatic heterocycles. The number of amides is 1. The van der Waals surface area contributed by atoms with Crippen LogP contribution in [0.25, 0.3) is 10.3 Å². The number of carbonyl (C=O) groups excluding carboxylic acids is 1. The Hall–Kier alpha value is -2.58. The van der Waals surface area contributed by atoms with Crippen molar-refractivity contribution in [3.05, 3.63) is 41.2 Å². The predicted molar refractivity (Wildman–Crippen MR) is 116 cm³/mol. The molecular formula is C20H28N6OS. The lowest BCUT2D eigenvalue weighted by atomic mass is 10.1. The molecule has 1 unspecified atom stereocenters. The lowest BCUT2D eigenvalue weighted by Crippen LogP contribution is -2.25. The highest BCUT2D eigenvalue weighted by atomic mass is 32.1. The molecule has 0 fully saturated rings. The summed E-state index contributed by atoms with van der Waals surface area (Å²) in [4.78, 5) is 29.4. The minimum atomic E-state index is -0.538. The monoisotopic (exact) mass is 400 g/mol. The first-order chi connectivity index (χ1) is 13.4. The average Bonchev–Trinajstić information content (AvgIpc) is 3.22. The first-order valence-corrected chi connectivity index (χ1v) is 10.2. The van der Waals surface area contributed by atoms with Crippen LogP contribution in [0.3, 0.4) is 0 Å². The Morgan fingerprint density at radius 1 is 1.36 bits per heavy atom. The lowest BCUT2D eigenvalue weighted by molar-refractivity contribution is 0.1000. The summed E-state index contributed by atoms with van der Waals surface area (Å²) in [6.45, 7) is 5.54. The van der Waals surface area contributed by atoms with Crippen LogP contribution >= 0.6 is 11.3 Å². The van der Waals surface area contributed by atoms with Crippen molar-refractivity contribution in [1.29, 1.82) is 0 Å². The van der Waals surface area contributed by atoms with Crippen LogP contribution in [0.15, 0.2) is 30.6 Å². The lowest BCUT2D eigenvalue weighted by Gasteiger charge is -2.23. The van der Waals surface area contributed by atoms with E-state index in [0.717, 1.165) is 17.9 Å². The summed E-state index contributed by atoms with van der Waals surface area (Å²) in [5.41, 5.74) is 8.37. The number of primary amides is 1. The van der Waals surface area contributed by atoms with Crippen LogP contribution in [0, 0.1) is 0 Å². The molecule has 1 aliphatic rings.